The van der Waals surface area contributed by atoms with Gasteiger partial charge in [0.2, 0.25) is 11.8 Å². The van der Waals surface area contributed by atoms with Gasteiger partial charge >= 0.3 is 43.2 Å². The van der Waals surface area contributed by atoms with E-state index in [0.29, 0.717) is 60.3 Å². The topological polar surface area (TPSA) is 234 Å². The maximum absolute atomic E-state index is 16.7. The van der Waals surface area contributed by atoms with E-state index in [1.807, 2.05) is 0 Å². The van der Waals surface area contributed by atoms with E-state index >= 15 is 22.0 Å². The predicted molar refractivity (Wildman–Crippen MR) is 385 cm³/mol. The summed E-state index contributed by atoms with van der Waals surface area (Å²) in [5.41, 5.74) is -4.68. The number of nitrogens with zero attached hydrogens (tertiary/aromatic N) is 4. The first-order valence-corrected chi connectivity index (χ1v) is 32.8. The van der Waals surface area contributed by atoms with Crippen molar-refractivity contribution in [3.05, 3.63) is 182 Å². The number of halogens is 12. The van der Waals surface area contributed by atoms with Crippen molar-refractivity contribution in [2.24, 2.45) is 11.8 Å². The molecule has 16 nitrogen and oxygen atoms in total. The van der Waals surface area contributed by atoms with Crippen molar-refractivity contribution in [2.75, 3.05) is 47.9 Å². The number of aliphatic carboxylic acids is 1. The number of aryl methyl sites for hydroxylation is 8. The van der Waals surface area contributed by atoms with Gasteiger partial charge in [0, 0.05) is 46.8 Å². The van der Waals surface area contributed by atoms with E-state index in [0.717, 1.165) is 21.5 Å². The first-order valence-electron chi connectivity index (χ1n) is 32.8. The zero-order valence-corrected chi connectivity index (χ0v) is 64.4. The zero-order chi connectivity index (χ0) is 75.7. The molecule has 580 valence electrons. The van der Waals surface area contributed by atoms with Crippen LogP contribution in [0.25, 0.3) is 22.3 Å². The predicted octanol–water partition coefficient (Wildman–Crippen LogP) is 11.9. The van der Waals surface area contributed by atoms with Gasteiger partial charge in [0.15, 0.2) is 0 Å². The molecule has 31 heteroatoms. The Balaban J connectivity index is 0.00000197. The van der Waals surface area contributed by atoms with Gasteiger partial charge in [-0.05, 0) is 233 Å². The standard InChI is InChI=1S/C38H47F6N3O4.C36H43F6N3O4.Li.2H2O.2H2S/c1-10-51-31(49)18-28(33-35(40)23(6)16-26(36(33)41)32-21(4)15-22(5)34(39)24(32)7)45-37(50)29(14-20(2)3)47-19-25(12-11-13-46(8)9)27(17-30(47)48)38(42,43)44;1-18(2)12-27(45-17-23(10-9-11-44(7)8)25(15-28(45)46)36(40,41)42)35(49)43-26(16-29(47)48)31-33(38)21(5)14-24(34(31)39)30-19(3)13-20(4)32(37)22(30)6;;;;;/h15-17,19-20,28-29H,10-14,18H2,1-9H3,(H,45,50);13-15,17-18,26-27H,9-12,16H2,1-8H3,(H,43,49)(H,47,48);;4*1H2/q;;+1;;;;/p-1/t28-,29?;26-,27?;;;;;/m00...../s1. The molecule has 2 aromatic heterocycles. The van der Waals surface area contributed by atoms with Gasteiger partial charge in [0.1, 0.15) is 47.0 Å². The molecule has 0 saturated heterocycles. The van der Waals surface area contributed by atoms with Crippen LogP contribution >= 0.6 is 27.0 Å². The number of hydrogen-bond acceptors (Lipinski definition) is 10. The minimum atomic E-state index is -4.84. The van der Waals surface area contributed by atoms with Gasteiger partial charge in [-0.25, -0.2) is 26.3 Å². The van der Waals surface area contributed by atoms with Crippen molar-refractivity contribution >= 4 is 50.7 Å². The van der Waals surface area contributed by atoms with Crippen molar-refractivity contribution in [1.29, 1.82) is 0 Å². The van der Waals surface area contributed by atoms with Crippen LogP contribution in [0.15, 0.2) is 58.4 Å². The van der Waals surface area contributed by atoms with Gasteiger partial charge in [-0.2, -0.15) is 53.3 Å². The fourth-order valence-electron chi connectivity index (χ4n) is 12.6. The molecule has 2 heterocycles. The first-order chi connectivity index (χ1) is 46.3. The Labute approximate surface area is 630 Å². The Bertz CT molecular complexity index is 4150. The molecule has 0 saturated carbocycles. The number of carbonyl (C=O) groups is 4. The van der Waals surface area contributed by atoms with Crippen LogP contribution in [0, 0.1) is 102 Å². The van der Waals surface area contributed by atoms with E-state index < -0.39 is 141 Å². The van der Waals surface area contributed by atoms with Crippen LogP contribution in [0.2, 0.25) is 0 Å². The van der Waals surface area contributed by atoms with Crippen LogP contribution in [-0.4, -0.2) is 107 Å². The fourth-order valence-corrected chi connectivity index (χ4v) is 12.6. The van der Waals surface area contributed by atoms with E-state index in [1.54, 1.807) is 86.5 Å². The average molecular weight is 1530 g/mol. The molecular formula is C74H97F12LiN6O10S2. The number of esters is 1. The summed E-state index contributed by atoms with van der Waals surface area (Å²) in [6.07, 6.45) is -8.93. The number of pyridine rings is 2. The van der Waals surface area contributed by atoms with Crippen molar-refractivity contribution in [3.63, 3.8) is 0 Å². The first kappa shape index (κ1) is 98.0. The van der Waals surface area contributed by atoms with Crippen molar-refractivity contribution in [3.8, 4) is 22.3 Å². The molecule has 4 aromatic carbocycles. The Morgan fingerprint density at radius 1 is 0.524 bits per heavy atom. The average Bonchev–Trinajstić information content (AvgIpc) is 0.766. The molecule has 0 bridgehead atoms. The van der Waals surface area contributed by atoms with Crippen molar-refractivity contribution in [2.45, 2.75) is 178 Å². The summed E-state index contributed by atoms with van der Waals surface area (Å²) in [5.74, 6) is -10.7. The number of hydrogen-bond donors (Lipinski definition) is 3. The maximum Gasteiger partial charge on any atom is 1.00 e. The van der Waals surface area contributed by atoms with Gasteiger partial charge in [0.25, 0.3) is 11.1 Å². The second-order valence-corrected chi connectivity index (χ2v) is 27.0. The third kappa shape index (κ3) is 24.7. The number of carbonyl (C=O) groups excluding carboxylic acids is 3. The van der Waals surface area contributed by atoms with E-state index in [2.05, 4.69) is 10.6 Å². The molecule has 6 aromatic rings. The minimum absolute atomic E-state index is 0. The van der Waals surface area contributed by atoms with Crippen LogP contribution in [0.5, 0.6) is 0 Å². The third-order valence-corrected chi connectivity index (χ3v) is 17.2. The second kappa shape index (κ2) is 41.3. The Hall–Kier alpha value is -7.04. The number of ether oxygens (including phenoxy) is 1. The third-order valence-electron chi connectivity index (χ3n) is 17.2. The summed E-state index contributed by atoms with van der Waals surface area (Å²) >= 11 is 0. The summed E-state index contributed by atoms with van der Waals surface area (Å²) < 4.78 is 186. The molecule has 2 unspecified atom stereocenters. The maximum atomic E-state index is 16.7. The van der Waals surface area contributed by atoms with Gasteiger partial charge in [-0.15, -0.1) is 0 Å². The fraction of sp³-hybridized carbons (Fsp3) is 0.486. The molecule has 0 radical (unpaired) electrons. The molecule has 4 atom stereocenters. The summed E-state index contributed by atoms with van der Waals surface area (Å²) in [4.78, 5) is 83.0. The van der Waals surface area contributed by atoms with Gasteiger partial charge in [-0.1, -0.05) is 39.8 Å². The molecular weight excluding hydrogens is 1430 g/mol. The van der Waals surface area contributed by atoms with Gasteiger partial charge in [-0.3, -0.25) is 28.8 Å². The number of aromatic nitrogens is 2. The van der Waals surface area contributed by atoms with E-state index in [4.69, 9.17) is 4.74 Å². The zero-order valence-electron chi connectivity index (χ0n) is 62.4. The molecule has 6 N–H and O–H groups in total. The monoisotopic (exact) mass is 1530 g/mol. The van der Waals surface area contributed by atoms with Crippen LogP contribution in [-0.2, 0) is 49.1 Å². The summed E-state index contributed by atoms with van der Waals surface area (Å²) in [7, 11) is 7.05. The number of alkyl halides is 6. The SMILES string of the molecule is CCOC(=O)C[C@H](NC(=O)C(CC(C)C)n1cc(CCCN(C)C)c(C(F)(F)F)cc1=O)c1c(F)c(C)cc(-c2c(C)cc(C)c(F)c2C)c1F.Cc1cc(C)c(-c2cc(C)c(F)c([C@H](CC(=O)O)NC(=O)C(CC(C)C)n3cc(CCCN(C)C)c(C(F)(F)F)cc3=O)c2F)c(C)c1F.O.S.S.[Li+].[OH-]. The number of nitrogens with one attached hydrogen (secondary N) is 2. The molecule has 2 amide bonds. The molecule has 0 aliphatic heterocycles. The van der Waals surface area contributed by atoms with Crippen molar-refractivity contribution < 1.29 is 112 Å². The summed E-state index contributed by atoms with van der Waals surface area (Å²) in [5, 5.41) is 14.7. The van der Waals surface area contributed by atoms with Crippen molar-refractivity contribution in [1.82, 2.24) is 29.6 Å². The number of carboxylic acid groups (broad SMARTS) is 1. The van der Waals surface area contributed by atoms with Gasteiger partial charge in [0.05, 0.1) is 42.7 Å². The van der Waals surface area contributed by atoms with Crippen LogP contribution in [0.3, 0.4) is 0 Å². The largest absolute Gasteiger partial charge is 1.00 e. The molecule has 0 aliphatic carbocycles. The van der Waals surface area contributed by atoms with Gasteiger partial charge < -0.3 is 50.4 Å². The minimum Gasteiger partial charge on any atom is -0.870 e. The van der Waals surface area contributed by atoms with E-state index in [1.165, 1.54) is 65.8 Å². The smallest absolute Gasteiger partial charge is 0.870 e. The Kier molecular flexibility index (Phi) is 38.6. The number of benzene rings is 4. The number of carboxylic acids is 1. The molecule has 0 spiro atoms. The van der Waals surface area contributed by atoms with Crippen LogP contribution in [0.1, 0.15) is 175 Å². The molecule has 0 fully saturated rings. The quantitative estimate of drug-likeness (QED) is 0.0249. The summed E-state index contributed by atoms with van der Waals surface area (Å²) in [6.45, 7) is 21.2. The van der Waals surface area contributed by atoms with E-state index in [9.17, 15) is 64.6 Å². The Morgan fingerprint density at radius 2 is 0.848 bits per heavy atom. The van der Waals surface area contributed by atoms with Crippen LogP contribution < -0.4 is 40.6 Å². The normalized spacial score (nSPS) is 12.5. The molecule has 0 aliphatic rings. The van der Waals surface area contributed by atoms with Crippen LogP contribution in [0.4, 0.5) is 52.7 Å². The molecule has 6 rings (SSSR count). The number of rotatable bonds is 27. The van der Waals surface area contributed by atoms with E-state index in [-0.39, 0.29) is 157 Å². The number of amides is 2. The summed E-state index contributed by atoms with van der Waals surface area (Å²) in [6, 6.07) is -0.0319. The second-order valence-electron chi connectivity index (χ2n) is 27.0. The Morgan fingerprint density at radius 3 is 1.14 bits per heavy atom. The molecule has 105 heavy (non-hydrogen) atoms.